The fourth-order valence-corrected chi connectivity index (χ4v) is 4.51. The van der Waals surface area contributed by atoms with E-state index in [4.69, 9.17) is 9.47 Å². The van der Waals surface area contributed by atoms with Crippen molar-refractivity contribution in [2.24, 2.45) is 11.3 Å². The summed E-state index contributed by atoms with van der Waals surface area (Å²) >= 11 is 0. The first-order valence-electron chi connectivity index (χ1n) is 11.3. The van der Waals surface area contributed by atoms with Gasteiger partial charge >= 0.3 is 0 Å². The number of carbonyl (C=O) groups excluding carboxylic acids is 1. The van der Waals surface area contributed by atoms with Gasteiger partial charge in [0, 0.05) is 25.2 Å². The molecule has 0 aliphatic carbocycles. The Hall–Kier alpha value is -1.66. The number of hydrogen-bond acceptors (Lipinski definition) is 4. The summed E-state index contributed by atoms with van der Waals surface area (Å²) < 4.78 is 25.5. The van der Waals surface area contributed by atoms with Crippen molar-refractivity contribution in [1.29, 1.82) is 0 Å². The van der Waals surface area contributed by atoms with Crippen LogP contribution in [0.2, 0.25) is 0 Å². The number of carbonyl (C=O) groups is 1. The van der Waals surface area contributed by atoms with Crippen LogP contribution in [0.5, 0.6) is 5.75 Å². The molecule has 2 unspecified atom stereocenters. The summed E-state index contributed by atoms with van der Waals surface area (Å²) in [5, 5.41) is 3.66. The van der Waals surface area contributed by atoms with Crippen molar-refractivity contribution >= 4 is 5.91 Å². The summed E-state index contributed by atoms with van der Waals surface area (Å²) in [6.45, 7) is 10.6. The zero-order chi connectivity index (χ0) is 21.6. The molecule has 6 heteroatoms. The Labute approximate surface area is 180 Å². The molecule has 0 aromatic heterocycles. The Morgan fingerprint density at radius 2 is 2.07 bits per heavy atom. The third-order valence-electron chi connectivity index (χ3n) is 5.96. The van der Waals surface area contributed by atoms with Crippen molar-refractivity contribution < 1.29 is 18.7 Å². The molecule has 3 rings (SSSR count). The topological polar surface area (TPSA) is 50.8 Å². The molecular weight excluding hydrogens is 383 g/mol. The molecule has 2 aliphatic rings. The van der Waals surface area contributed by atoms with Crippen LogP contribution in [0.25, 0.3) is 0 Å². The van der Waals surface area contributed by atoms with Crippen LogP contribution < -0.4 is 10.1 Å². The maximum atomic E-state index is 14.5. The molecule has 0 spiro atoms. The zero-order valence-corrected chi connectivity index (χ0v) is 18.7. The lowest BCUT2D eigenvalue weighted by atomic mass is 9.81. The minimum absolute atomic E-state index is 0.101. The van der Waals surface area contributed by atoms with Gasteiger partial charge in [0.2, 0.25) is 0 Å². The Morgan fingerprint density at radius 1 is 1.30 bits per heavy atom. The minimum atomic E-state index is -0.521. The van der Waals surface area contributed by atoms with E-state index in [0.717, 1.165) is 25.3 Å². The largest absolute Gasteiger partial charge is 0.493 e. The van der Waals surface area contributed by atoms with Crippen LogP contribution in [0.15, 0.2) is 18.2 Å². The Morgan fingerprint density at radius 3 is 2.77 bits per heavy atom. The molecule has 1 aromatic rings. The number of ether oxygens (including phenoxy) is 2. The highest BCUT2D eigenvalue weighted by atomic mass is 19.1. The second-order valence-corrected chi connectivity index (χ2v) is 9.84. The molecule has 168 valence electrons. The van der Waals surface area contributed by atoms with Gasteiger partial charge in [-0.15, -0.1) is 0 Å². The number of nitrogens with one attached hydrogen (secondary N) is 1. The number of benzene rings is 1. The van der Waals surface area contributed by atoms with Crippen molar-refractivity contribution in [3.05, 3.63) is 29.6 Å². The Kier molecular flexibility index (Phi) is 8.12. The summed E-state index contributed by atoms with van der Waals surface area (Å²) in [6.07, 6.45) is 5.74. The molecule has 2 fully saturated rings. The van der Waals surface area contributed by atoms with Gasteiger partial charge in [0.05, 0.1) is 25.4 Å². The van der Waals surface area contributed by atoms with E-state index >= 15 is 0 Å². The summed E-state index contributed by atoms with van der Waals surface area (Å²) in [5.41, 5.74) is 0.450. The predicted molar refractivity (Wildman–Crippen MR) is 116 cm³/mol. The van der Waals surface area contributed by atoms with E-state index in [1.165, 1.54) is 31.4 Å². The number of nitrogens with zero attached hydrogens (tertiary/aromatic N) is 1. The number of hydrogen-bond donors (Lipinski definition) is 1. The Balaban J connectivity index is 1.42. The van der Waals surface area contributed by atoms with E-state index in [1.54, 1.807) is 11.0 Å². The van der Waals surface area contributed by atoms with Crippen LogP contribution in [0.1, 0.15) is 63.2 Å². The van der Waals surface area contributed by atoms with E-state index < -0.39 is 5.82 Å². The summed E-state index contributed by atoms with van der Waals surface area (Å²) in [5.74, 6) is 0.417. The van der Waals surface area contributed by atoms with E-state index in [9.17, 15) is 9.18 Å². The van der Waals surface area contributed by atoms with Gasteiger partial charge in [-0.1, -0.05) is 20.8 Å². The van der Waals surface area contributed by atoms with E-state index in [1.807, 2.05) is 0 Å². The molecule has 2 atom stereocenters. The van der Waals surface area contributed by atoms with Crippen LogP contribution >= 0.6 is 0 Å². The molecule has 0 bridgehead atoms. The summed E-state index contributed by atoms with van der Waals surface area (Å²) in [7, 11) is 0. The lowest BCUT2D eigenvalue weighted by molar-refractivity contribution is 0.0300. The molecule has 2 heterocycles. The first-order chi connectivity index (χ1) is 14.3. The number of morpholine rings is 1. The van der Waals surface area contributed by atoms with Gasteiger partial charge < -0.3 is 19.7 Å². The van der Waals surface area contributed by atoms with Crippen molar-refractivity contribution in [1.82, 2.24) is 10.2 Å². The van der Waals surface area contributed by atoms with Crippen LogP contribution in [0.4, 0.5) is 4.39 Å². The standard InChI is InChI=1S/C24H37FN2O3/c1-24(2,3)17-19-15-18(8-9-26-19)5-4-12-30-20-6-7-21(22(25)16-20)23(28)27-10-13-29-14-11-27/h6-7,16,18-19,26H,4-5,8-15,17H2,1-3H3. The van der Waals surface area contributed by atoms with Gasteiger partial charge in [0.1, 0.15) is 11.6 Å². The maximum absolute atomic E-state index is 14.5. The molecule has 30 heavy (non-hydrogen) atoms. The van der Waals surface area contributed by atoms with Gasteiger partial charge in [-0.2, -0.15) is 0 Å². The first-order valence-corrected chi connectivity index (χ1v) is 11.3. The third-order valence-corrected chi connectivity index (χ3v) is 5.96. The Bertz CT molecular complexity index is 698. The maximum Gasteiger partial charge on any atom is 0.256 e. The van der Waals surface area contributed by atoms with Crippen LogP contribution in [-0.4, -0.2) is 56.3 Å². The third kappa shape index (κ3) is 6.95. The quantitative estimate of drug-likeness (QED) is 0.670. The van der Waals surface area contributed by atoms with E-state index in [-0.39, 0.29) is 11.5 Å². The monoisotopic (exact) mass is 420 g/mol. The van der Waals surface area contributed by atoms with Crippen LogP contribution in [0, 0.1) is 17.2 Å². The smallest absolute Gasteiger partial charge is 0.256 e. The van der Waals surface area contributed by atoms with Crippen molar-refractivity contribution in [3.8, 4) is 5.75 Å². The van der Waals surface area contributed by atoms with Crippen molar-refractivity contribution in [3.63, 3.8) is 0 Å². The van der Waals surface area contributed by atoms with E-state index in [2.05, 4.69) is 26.1 Å². The van der Waals surface area contributed by atoms with Gasteiger partial charge in [-0.05, 0) is 62.1 Å². The van der Waals surface area contributed by atoms with E-state index in [0.29, 0.717) is 50.1 Å². The molecule has 0 saturated carbocycles. The SMILES string of the molecule is CC(C)(C)CC1CC(CCCOc2ccc(C(=O)N3CCOCC3)c(F)c2)CCN1. The normalized spacial score (nSPS) is 22.7. The first kappa shape index (κ1) is 23.0. The minimum Gasteiger partial charge on any atom is -0.493 e. The van der Waals surface area contributed by atoms with Gasteiger partial charge in [-0.3, -0.25) is 4.79 Å². The highest BCUT2D eigenvalue weighted by molar-refractivity contribution is 5.94. The molecule has 1 N–H and O–H groups in total. The van der Waals surface area contributed by atoms with Crippen LogP contribution in [-0.2, 0) is 4.74 Å². The molecule has 0 radical (unpaired) electrons. The number of amides is 1. The van der Waals surface area contributed by atoms with Gasteiger partial charge in [0.15, 0.2) is 0 Å². The number of piperidine rings is 1. The molecule has 5 nitrogen and oxygen atoms in total. The molecule has 1 amide bonds. The number of halogens is 1. The van der Waals surface area contributed by atoms with Crippen molar-refractivity contribution in [2.45, 2.75) is 58.9 Å². The number of rotatable bonds is 7. The summed E-state index contributed by atoms with van der Waals surface area (Å²) in [4.78, 5) is 14.1. The lowest BCUT2D eigenvalue weighted by Crippen LogP contribution is -2.41. The highest BCUT2D eigenvalue weighted by Crippen LogP contribution is 2.29. The molecular formula is C24H37FN2O3. The van der Waals surface area contributed by atoms with Crippen LogP contribution in [0.3, 0.4) is 0 Å². The average Bonchev–Trinajstić information content (AvgIpc) is 2.70. The van der Waals surface area contributed by atoms with Crippen molar-refractivity contribution in [2.75, 3.05) is 39.5 Å². The average molecular weight is 421 g/mol. The molecule has 1 aromatic carbocycles. The second kappa shape index (κ2) is 10.6. The predicted octanol–water partition coefficient (Wildman–Crippen LogP) is 4.26. The molecule has 2 saturated heterocycles. The lowest BCUT2D eigenvalue weighted by Gasteiger charge is -2.34. The second-order valence-electron chi connectivity index (χ2n) is 9.84. The van der Waals surface area contributed by atoms with Gasteiger partial charge in [0.25, 0.3) is 5.91 Å². The zero-order valence-electron chi connectivity index (χ0n) is 18.7. The highest BCUT2D eigenvalue weighted by Gasteiger charge is 2.25. The fraction of sp³-hybridized carbons (Fsp3) is 0.708. The van der Waals surface area contributed by atoms with Gasteiger partial charge in [-0.25, -0.2) is 4.39 Å². The fourth-order valence-electron chi connectivity index (χ4n) is 4.51. The molecule has 2 aliphatic heterocycles. The summed E-state index contributed by atoms with van der Waals surface area (Å²) in [6, 6.07) is 5.17.